The second kappa shape index (κ2) is 17.5. The van der Waals surface area contributed by atoms with E-state index in [1.165, 1.54) is 0 Å². The van der Waals surface area contributed by atoms with Gasteiger partial charge in [0.15, 0.2) is 5.78 Å². The number of allylic oxidation sites excluding steroid dienone is 5. The first kappa shape index (κ1) is 34.0. The predicted molar refractivity (Wildman–Crippen MR) is 147 cm³/mol. The maximum Gasteiger partial charge on any atom is 0.404 e. The molecule has 2 aliphatic rings. The third kappa shape index (κ3) is 10.6. The summed E-state index contributed by atoms with van der Waals surface area (Å²) in [5.41, 5.74) is 11.1. The number of ketones is 1. The molecule has 1 amide bonds. The number of hydrogen-bond acceptors (Lipinski definition) is 6. The second-order valence-electron chi connectivity index (χ2n) is 10.3. The van der Waals surface area contributed by atoms with Crippen molar-refractivity contribution in [3.05, 3.63) is 36.5 Å². The van der Waals surface area contributed by atoms with E-state index in [4.69, 9.17) is 21.3 Å². The third-order valence-electron chi connectivity index (χ3n) is 7.58. The van der Waals surface area contributed by atoms with Gasteiger partial charge < -0.3 is 26.4 Å². The monoisotopic (exact) mass is 508 g/mol. The smallest absolute Gasteiger partial charge is 0.404 e. The van der Waals surface area contributed by atoms with Crippen LogP contribution in [0.1, 0.15) is 86.0 Å². The molecule has 2 rings (SSSR count). The van der Waals surface area contributed by atoms with Crippen molar-refractivity contribution in [2.24, 2.45) is 34.1 Å². The number of nitrogens with two attached hydrogens (primary N) is 2. The Labute approximate surface area is 219 Å². The molecule has 1 fully saturated rings. The zero-order valence-corrected chi connectivity index (χ0v) is 23.3. The Morgan fingerprint density at radius 3 is 2.42 bits per heavy atom. The van der Waals surface area contributed by atoms with E-state index in [2.05, 4.69) is 34.3 Å². The number of carbonyl (C=O) groups is 2. The van der Waals surface area contributed by atoms with Crippen LogP contribution in [0.3, 0.4) is 0 Å². The first-order valence-corrected chi connectivity index (χ1v) is 13.5. The summed E-state index contributed by atoms with van der Waals surface area (Å²) in [5, 5.41) is 18.7. The van der Waals surface area contributed by atoms with Gasteiger partial charge in [0.2, 0.25) is 0 Å². The molecule has 4 unspecified atom stereocenters. The zero-order chi connectivity index (χ0) is 27.8. The Hall–Kier alpha value is -1.96. The SMILES string of the molecule is C=CCCCN.CCCC(COC(N)=O)C1(C)CCC(C2(C)C=CC(=O)C=C2CC)[C@@H](O)C1.CCO. The lowest BCUT2D eigenvalue weighted by molar-refractivity contribution is -0.111. The Morgan fingerprint density at radius 2 is 1.97 bits per heavy atom. The van der Waals surface area contributed by atoms with Gasteiger partial charge in [0, 0.05) is 12.0 Å². The molecule has 6 N–H and O–H groups in total. The normalized spacial score (nSPS) is 28.0. The van der Waals surface area contributed by atoms with Crippen LogP contribution in [0.2, 0.25) is 0 Å². The minimum absolute atomic E-state index is 0.0334. The third-order valence-corrected chi connectivity index (χ3v) is 7.58. The quantitative estimate of drug-likeness (QED) is 0.241. The van der Waals surface area contributed by atoms with E-state index in [0.29, 0.717) is 13.0 Å². The van der Waals surface area contributed by atoms with Crippen LogP contribution < -0.4 is 11.5 Å². The van der Waals surface area contributed by atoms with Crippen molar-refractivity contribution >= 4 is 11.9 Å². The molecule has 7 heteroatoms. The molecule has 0 aliphatic heterocycles. The number of ether oxygens (including phenoxy) is 1. The molecule has 36 heavy (non-hydrogen) atoms. The number of amides is 1. The van der Waals surface area contributed by atoms with Crippen molar-refractivity contribution in [1.29, 1.82) is 0 Å². The van der Waals surface area contributed by atoms with Crippen molar-refractivity contribution in [2.75, 3.05) is 19.8 Å². The first-order valence-electron chi connectivity index (χ1n) is 13.5. The van der Waals surface area contributed by atoms with Gasteiger partial charge >= 0.3 is 6.09 Å². The van der Waals surface area contributed by atoms with E-state index in [9.17, 15) is 14.7 Å². The molecule has 0 spiro atoms. The van der Waals surface area contributed by atoms with E-state index >= 15 is 0 Å². The highest BCUT2D eigenvalue weighted by molar-refractivity contribution is 6.01. The summed E-state index contributed by atoms with van der Waals surface area (Å²) in [6.45, 7) is 15.1. The van der Waals surface area contributed by atoms with Crippen LogP contribution in [0.5, 0.6) is 0 Å². The molecule has 7 nitrogen and oxygen atoms in total. The molecule has 2 aliphatic carbocycles. The number of primary amides is 1. The van der Waals surface area contributed by atoms with Gasteiger partial charge in [-0.25, -0.2) is 4.79 Å². The molecule has 0 aromatic rings. The van der Waals surface area contributed by atoms with E-state index < -0.39 is 12.2 Å². The van der Waals surface area contributed by atoms with Gasteiger partial charge in [-0.1, -0.05) is 51.8 Å². The number of unbranched alkanes of at least 4 members (excludes halogenated alkanes) is 1. The molecular formula is C29H52N2O5. The standard InChI is InChI=1S/C22H35NO4.C5H11N.C2H6O/c1-5-7-16(14-27-20(23)26)21(3)10-9-18(19(25)13-21)22(4)11-8-17(24)12-15(22)6-2;1-2-3-4-5-6;1-2-3/h8,11-12,16,18-19,25H,5-7,9-10,13-14H2,1-4H3,(H2,23,26);2H,1,3-6H2;3H,2H2,1H3/t16?,18?,19-,21?,22?;;/m0../s1. The van der Waals surface area contributed by atoms with Crippen LogP contribution in [-0.4, -0.2) is 48.0 Å². The second-order valence-corrected chi connectivity index (χ2v) is 10.3. The lowest BCUT2D eigenvalue weighted by Crippen LogP contribution is -2.47. The highest BCUT2D eigenvalue weighted by atomic mass is 16.5. The molecular weight excluding hydrogens is 456 g/mol. The Kier molecular flexibility index (Phi) is 16.5. The van der Waals surface area contributed by atoms with Gasteiger partial charge in [-0.05, 0) is 87.8 Å². The van der Waals surface area contributed by atoms with Gasteiger partial charge in [0.25, 0.3) is 0 Å². The fourth-order valence-electron chi connectivity index (χ4n) is 5.48. The van der Waals surface area contributed by atoms with Crippen LogP contribution in [-0.2, 0) is 9.53 Å². The van der Waals surface area contributed by atoms with Crippen LogP contribution in [0, 0.1) is 22.7 Å². The van der Waals surface area contributed by atoms with Crippen molar-refractivity contribution in [3.63, 3.8) is 0 Å². The minimum Gasteiger partial charge on any atom is -0.449 e. The molecule has 5 atom stereocenters. The van der Waals surface area contributed by atoms with Crippen molar-refractivity contribution in [2.45, 2.75) is 92.1 Å². The van der Waals surface area contributed by atoms with E-state index in [-0.39, 0.29) is 35.1 Å². The number of rotatable bonds is 10. The highest BCUT2D eigenvalue weighted by Gasteiger charge is 2.48. The first-order chi connectivity index (χ1) is 17.0. The van der Waals surface area contributed by atoms with Crippen LogP contribution in [0.25, 0.3) is 0 Å². The molecule has 208 valence electrons. The minimum atomic E-state index is -0.740. The summed E-state index contributed by atoms with van der Waals surface area (Å²) in [6, 6.07) is 0. The largest absolute Gasteiger partial charge is 0.449 e. The van der Waals surface area contributed by atoms with Crippen LogP contribution in [0.15, 0.2) is 36.5 Å². The molecule has 0 aromatic carbocycles. The average Bonchev–Trinajstić information content (AvgIpc) is 2.82. The van der Waals surface area contributed by atoms with Crippen molar-refractivity contribution < 1.29 is 24.5 Å². The van der Waals surface area contributed by atoms with E-state index in [1.807, 2.05) is 12.2 Å². The number of carbonyl (C=O) groups excluding carboxylic acids is 2. The van der Waals surface area contributed by atoms with Crippen molar-refractivity contribution in [3.8, 4) is 0 Å². The number of hydrogen-bond donors (Lipinski definition) is 4. The number of aliphatic hydroxyl groups excluding tert-OH is 2. The molecule has 0 heterocycles. The maximum atomic E-state index is 11.8. The van der Waals surface area contributed by atoms with Gasteiger partial charge in [0.1, 0.15) is 0 Å². The highest BCUT2D eigenvalue weighted by Crippen LogP contribution is 2.53. The molecule has 0 bridgehead atoms. The van der Waals surface area contributed by atoms with Gasteiger partial charge in [0.05, 0.1) is 12.7 Å². The lowest BCUT2D eigenvalue weighted by Gasteiger charge is -2.50. The molecule has 0 aromatic heterocycles. The fraction of sp³-hybridized carbons (Fsp3) is 0.724. The van der Waals surface area contributed by atoms with E-state index in [0.717, 1.165) is 57.1 Å². The fourth-order valence-corrected chi connectivity index (χ4v) is 5.48. The summed E-state index contributed by atoms with van der Waals surface area (Å²) in [6.07, 6.45) is 13.4. The van der Waals surface area contributed by atoms with Gasteiger partial charge in [-0.3, -0.25) is 4.79 Å². The summed E-state index contributed by atoms with van der Waals surface area (Å²) in [7, 11) is 0. The summed E-state index contributed by atoms with van der Waals surface area (Å²) in [4.78, 5) is 22.9. The Balaban J connectivity index is 0.00000117. The zero-order valence-electron chi connectivity index (χ0n) is 23.3. The number of aliphatic hydroxyl groups is 2. The maximum absolute atomic E-state index is 11.8. The van der Waals surface area contributed by atoms with Crippen LogP contribution >= 0.6 is 0 Å². The average molecular weight is 509 g/mol. The summed E-state index contributed by atoms with van der Waals surface area (Å²) in [5.74, 6) is 0.301. The lowest BCUT2D eigenvalue weighted by atomic mass is 9.56. The topological polar surface area (TPSA) is 136 Å². The predicted octanol–water partition coefficient (Wildman–Crippen LogP) is 5.06. The van der Waals surface area contributed by atoms with Crippen LogP contribution in [0.4, 0.5) is 4.79 Å². The molecule has 0 radical (unpaired) electrons. The van der Waals surface area contributed by atoms with Gasteiger partial charge in [-0.2, -0.15) is 0 Å². The Bertz CT molecular complexity index is 735. The summed E-state index contributed by atoms with van der Waals surface area (Å²) < 4.78 is 5.12. The van der Waals surface area contributed by atoms with Gasteiger partial charge in [-0.15, -0.1) is 6.58 Å². The Morgan fingerprint density at radius 1 is 1.33 bits per heavy atom. The van der Waals surface area contributed by atoms with E-state index in [1.54, 1.807) is 19.1 Å². The summed E-state index contributed by atoms with van der Waals surface area (Å²) >= 11 is 0. The van der Waals surface area contributed by atoms with Crippen molar-refractivity contribution in [1.82, 2.24) is 0 Å². The molecule has 0 saturated heterocycles. The molecule has 1 saturated carbocycles.